The van der Waals surface area contributed by atoms with Crippen LogP contribution in [0.25, 0.3) is 10.8 Å². The molecule has 3 aromatic rings. The Kier molecular flexibility index (Phi) is 3.83. The fraction of sp³-hybridized carbons (Fsp3) is 0.111. The predicted molar refractivity (Wildman–Crippen MR) is 85.7 cm³/mol. The summed E-state index contributed by atoms with van der Waals surface area (Å²) < 4.78 is 13.8. The molecule has 100 valence electrons. The highest BCUT2D eigenvalue weighted by Gasteiger charge is 2.13. The molecular formula is C18H14BrF. The van der Waals surface area contributed by atoms with Crippen molar-refractivity contribution in [3.63, 3.8) is 0 Å². The Morgan fingerprint density at radius 2 is 1.45 bits per heavy atom. The van der Waals surface area contributed by atoms with Gasteiger partial charge in [0.05, 0.1) is 0 Å². The maximum absolute atomic E-state index is 13.8. The molecular weight excluding hydrogens is 315 g/mol. The quantitative estimate of drug-likeness (QED) is 0.544. The van der Waals surface area contributed by atoms with Crippen LogP contribution in [0.15, 0.2) is 66.7 Å². The lowest BCUT2D eigenvalue weighted by Gasteiger charge is -2.14. The molecule has 3 rings (SSSR count). The molecule has 0 saturated carbocycles. The van der Waals surface area contributed by atoms with Crippen LogP contribution in [-0.2, 0) is 6.42 Å². The highest BCUT2D eigenvalue weighted by molar-refractivity contribution is 9.09. The molecule has 0 amide bonds. The Morgan fingerprint density at radius 3 is 2.20 bits per heavy atom. The highest BCUT2D eigenvalue weighted by Crippen LogP contribution is 2.33. The number of hydrogen-bond acceptors (Lipinski definition) is 0. The number of rotatable bonds is 3. The van der Waals surface area contributed by atoms with E-state index < -0.39 is 0 Å². The minimum Gasteiger partial charge on any atom is -0.206 e. The Labute approximate surface area is 126 Å². The molecule has 0 aliphatic heterocycles. The third-order valence-corrected chi connectivity index (χ3v) is 4.32. The zero-order chi connectivity index (χ0) is 13.9. The van der Waals surface area contributed by atoms with Crippen molar-refractivity contribution in [2.45, 2.75) is 11.2 Å². The summed E-state index contributed by atoms with van der Waals surface area (Å²) in [7, 11) is 0. The maximum atomic E-state index is 13.8. The zero-order valence-electron chi connectivity index (χ0n) is 10.9. The van der Waals surface area contributed by atoms with Gasteiger partial charge < -0.3 is 0 Å². The minimum absolute atomic E-state index is 0.163. The largest absolute Gasteiger partial charge is 0.206 e. The van der Waals surface area contributed by atoms with E-state index in [1.54, 1.807) is 6.07 Å². The van der Waals surface area contributed by atoms with E-state index in [4.69, 9.17) is 0 Å². The van der Waals surface area contributed by atoms with E-state index in [-0.39, 0.29) is 10.6 Å². The molecule has 0 spiro atoms. The van der Waals surface area contributed by atoms with E-state index >= 15 is 0 Å². The Hall–Kier alpha value is -1.67. The van der Waals surface area contributed by atoms with Crippen molar-refractivity contribution < 1.29 is 4.39 Å². The summed E-state index contributed by atoms with van der Waals surface area (Å²) in [4.78, 5) is 0.176. The summed E-state index contributed by atoms with van der Waals surface area (Å²) in [5, 5.41) is 1.66. The predicted octanol–water partition coefficient (Wildman–Crippen LogP) is 5.66. The monoisotopic (exact) mass is 328 g/mol. The fourth-order valence-electron chi connectivity index (χ4n) is 2.49. The van der Waals surface area contributed by atoms with Crippen LogP contribution in [0.1, 0.15) is 16.0 Å². The molecule has 1 atom stereocenters. The second-order valence-electron chi connectivity index (χ2n) is 4.84. The van der Waals surface area contributed by atoms with Gasteiger partial charge in [0.1, 0.15) is 5.82 Å². The van der Waals surface area contributed by atoms with E-state index in [1.807, 2.05) is 48.5 Å². The van der Waals surface area contributed by atoms with Gasteiger partial charge in [0.15, 0.2) is 0 Å². The third kappa shape index (κ3) is 2.61. The van der Waals surface area contributed by atoms with Crippen LogP contribution >= 0.6 is 15.9 Å². The van der Waals surface area contributed by atoms with Crippen molar-refractivity contribution in [3.8, 4) is 0 Å². The van der Waals surface area contributed by atoms with Crippen molar-refractivity contribution in [1.29, 1.82) is 0 Å². The molecule has 3 aromatic carbocycles. The highest BCUT2D eigenvalue weighted by atomic mass is 79.9. The fourth-order valence-corrected chi connectivity index (χ4v) is 3.26. The zero-order valence-corrected chi connectivity index (χ0v) is 12.5. The van der Waals surface area contributed by atoms with Crippen molar-refractivity contribution in [1.82, 2.24) is 0 Å². The van der Waals surface area contributed by atoms with Crippen LogP contribution < -0.4 is 0 Å². The number of alkyl halides is 1. The molecule has 0 bridgehead atoms. The Bertz CT molecular complexity index is 722. The van der Waals surface area contributed by atoms with Crippen molar-refractivity contribution in [2.24, 2.45) is 0 Å². The van der Waals surface area contributed by atoms with Crippen molar-refractivity contribution >= 4 is 26.7 Å². The van der Waals surface area contributed by atoms with Crippen LogP contribution in [0.5, 0.6) is 0 Å². The van der Waals surface area contributed by atoms with Gasteiger partial charge in [0.2, 0.25) is 0 Å². The number of halogens is 2. The summed E-state index contributed by atoms with van der Waals surface area (Å²) in [5.41, 5.74) is 2.40. The van der Waals surface area contributed by atoms with E-state index in [9.17, 15) is 4.39 Å². The lowest BCUT2D eigenvalue weighted by Crippen LogP contribution is -1.97. The minimum atomic E-state index is -0.163. The van der Waals surface area contributed by atoms with Gasteiger partial charge in [0, 0.05) is 10.2 Å². The molecule has 0 aliphatic rings. The molecule has 1 unspecified atom stereocenters. The van der Waals surface area contributed by atoms with Gasteiger partial charge in [-0.25, -0.2) is 4.39 Å². The topological polar surface area (TPSA) is 0 Å². The number of benzene rings is 3. The second kappa shape index (κ2) is 5.76. The lowest BCUT2D eigenvalue weighted by molar-refractivity contribution is 0.639. The first kappa shape index (κ1) is 13.3. The molecule has 0 heterocycles. The molecule has 0 aromatic heterocycles. The van der Waals surface area contributed by atoms with Gasteiger partial charge >= 0.3 is 0 Å². The van der Waals surface area contributed by atoms with Gasteiger partial charge in [-0.3, -0.25) is 0 Å². The summed E-state index contributed by atoms with van der Waals surface area (Å²) >= 11 is 3.75. The van der Waals surface area contributed by atoms with Gasteiger partial charge in [-0.05, 0) is 29.0 Å². The average Bonchev–Trinajstić information content (AvgIpc) is 2.49. The van der Waals surface area contributed by atoms with E-state index in [0.717, 1.165) is 17.4 Å². The van der Waals surface area contributed by atoms with Gasteiger partial charge in [-0.2, -0.15) is 0 Å². The molecule has 0 fully saturated rings. The lowest BCUT2D eigenvalue weighted by atomic mass is 9.98. The SMILES string of the molecule is Fc1ccc(C(Br)Cc2ccccc2)c2ccccc12. The van der Waals surface area contributed by atoms with Gasteiger partial charge in [-0.1, -0.05) is 76.6 Å². The van der Waals surface area contributed by atoms with Crippen LogP contribution in [-0.4, -0.2) is 0 Å². The second-order valence-corrected chi connectivity index (χ2v) is 5.94. The van der Waals surface area contributed by atoms with E-state index in [0.29, 0.717) is 5.39 Å². The van der Waals surface area contributed by atoms with Crippen molar-refractivity contribution in [3.05, 3.63) is 83.7 Å². The summed E-state index contributed by atoms with van der Waals surface area (Å²) in [6.07, 6.45) is 0.885. The summed E-state index contributed by atoms with van der Waals surface area (Å²) in [6, 6.07) is 21.4. The standard InChI is InChI=1S/C18H14BrF/c19-17(12-13-6-2-1-3-7-13)15-10-11-18(20)16-9-5-4-8-14(15)16/h1-11,17H,12H2. The Morgan fingerprint density at radius 1 is 0.800 bits per heavy atom. The van der Waals surface area contributed by atoms with E-state index in [2.05, 4.69) is 28.1 Å². The number of fused-ring (bicyclic) bond motifs is 1. The van der Waals surface area contributed by atoms with Crippen LogP contribution in [0.2, 0.25) is 0 Å². The average molecular weight is 329 g/mol. The first-order valence-electron chi connectivity index (χ1n) is 6.61. The third-order valence-electron chi connectivity index (χ3n) is 3.50. The molecule has 0 nitrogen and oxygen atoms in total. The molecule has 0 saturated heterocycles. The molecule has 0 N–H and O–H groups in total. The van der Waals surface area contributed by atoms with Gasteiger partial charge in [0.25, 0.3) is 0 Å². The maximum Gasteiger partial charge on any atom is 0.131 e. The van der Waals surface area contributed by atoms with Crippen molar-refractivity contribution in [2.75, 3.05) is 0 Å². The summed E-state index contributed by atoms with van der Waals surface area (Å²) in [6.45, 7) is 0. The molecule has 2 heteroatoms. The van der Waals surface area contributed by atoms with E-state index in [1.165, 1.54) is 5.56 Å². The smallest absolute Gasteiger partial charge is 0.131 e. The van der Waals surface area contributed by atoms with Crippen LogP contribution in [0.3, 0.4) is 0 Å². The first-order chi connectivity index (χ1) is 9.75. The molecule has 20 heavy (non-hydrogen) atoms. The Balaban J connectivity index is 2.00. The molecule has 0 radical (unpaired) electrons. The summed E-state index contributed by atoms with van der Waals surface area (Å²) in [5.74, 6) is -0.163. The molecule has 0 aliphatic carbocycles. The van der Waals surface area contributed by atoms with Crippen LogP contribution in [0, 0.1) is 5.82 Å². The first-order valence-corrected chi connectivity index (χ1v) is 7.52. The van der Waals surface area contributed by atoms with Crippen LogP contribution in [0.4, 0.5) is 4.39 Å². The normalized spacial score (nSPS) is 12.5. The number of hydrogen-bond donors (Lipinski definition) is 0. The van der Waals surface area contributed by atoms with Gasteiger partial charge in [-0.15, -0.1) is 0 Å².